The summed E-state index contributed by atoms with van der Waals surface area (Å²) in [5.74, 6) is 5.04. The van der Waals surface area contributed by atoms with Gasteiger partial charge in [-0.05, 0) is 110 Å². The second-order valence-electron chi connectivity index (χ2n) is 12.7. The summed E-state index contributed by atoms with van der Waals surface area (Å²) >= 11 is 0. The SMILES string of the molecule is C=C(CCC(C)[C@H]1CCC2C3=CCC4C(C)[C@@H](O)CC[C@]4(C)C3CC[C@@]21C)C(C)C. The van der Waals surface area contributed by atoms with Crippen LogP contribution in [0.3, 0.4) is 0 Å². The van der Waals surface area contributed by atoms with Gasteiger partial charge in [0.25, 0.3) is 0 Å². The van der Waals surface area contributed by atoms with Crippen molar-refractivity contribution in [3.05, 3.63) is 23.8 Å². The average Bonchev–Trinajstić information content (AvgIpc) is 3.06. The van der Waals surface area contributed by atoms with Crippen LogP contribution in [-0.4, -0.2) is 11.2 Å². The van der Waals surface area contributed by atoms with Crippen molar-refractivity contribution in [3.63, 3.8) is 0 Å². The van der Waals surface area contributed by atoms with E-state index in [1.54, 1.807) is 0 Å². The zero-order valence-electron chi connectivity index (χ0n) is 20.7. The lowest BCUT2D eigenvalue weighted by atomic mass is 9.46. The summed E-state index contributed by atoms with van der Waals surface area (Å²) in [6, 6.07) is 0. The minimum Gasteiger partial charge on any atom is -0.393 e. The molecule has 4 aliphatic carbocycles. The molecule has 3 fully saturated rings. The average molecular weight is 413 g/mol. The molecule has 0 heterocycles. The van der Waals surface area contributed by atoms with Crippen LogP contribution in [0.2, 0.25) is 0 Å². The molecule has 4 aliphatic rings. The zero-order valence-corrected chi connectivity index (χ0v) is 20.7. The van der Waals surface area contributed by atoms with Gasteiger partial charge in [0, 0.05) is 0 Å². The third kappa shape index (κ3) is 3.46. The Morgan fingerprint density at radius 2 is 1.73 bits per heavy atom. The van der Waals surface area contributed by atoms with Crippen LogP contribution in [0, 0.1) is 52.3 Å². The lowest BCUT2D eigenvalue weighted by Crippen LogP contribution is -2.52. The van der Waals surface area contributed by atoms with E-state index in [2.05, 4.69) is 54.2 Å². The molecule has 1 N–H and O–H groups in total. The summed E-state index contributed by atoms with van der Waals surface area (Å²) in [5.41, 5.74) is 4.22. The van der Waals surface area contributed by atoms with Gasteiger partial charge in [0.1, 0.15) is 0 Å². The molecule has 4 rings (SSSR count). The molecule has 30 heavy (non-hydrogen) atoms. The molecule has 0 aromatic rings. The first-order chi connectivity index (χ1) is 14.1. The van der Waals surface area contributed by atoms with Gasteiger partial charge in [0.15, 0.2) is 0 Å². The van der Waals surface area contributed by atoms with Crippen molar-refractivity contribution in [2.45, 2.75) is 105 Å². The summed E-state index contributed by atoms with van der Waals surface area (Å²) < 4.78 is 0. The van der Waals surface area contributed by atoms with Crippen LogP contribution >= 0.6 is 0 Å². The number of hydrogen-bond donors (Lipinski definition) is 1. The molecule has 9 atom stereocenters. The standard InChI is InChI=1S/C29H48O/c1-18(2)19(3)8-9-20(4)23-12-13-25-22-10-11-24-21(5)27(30)15-17-29(24,7)26(22)14-16-28(23,25)6/h10,18,20-21,23-27,30H,3,8-9,11-17H2,1-2,4-7H3/t20?,21?,23-,24?,25?,26?,27+,28-,29+/m1/s1. The van der Waals surface area contributed by atoms with Gasteiger partial charge in [-0.2, -0.15) is 0 Å². The smallest absolute Gasteiger partial charge is 0.0568 e. The van der Waals surface area contributed by atoms with E-state index in [1.165, 1.54) is 56.9 Å². The topological polar surface area (TPSA) is 20.2 Å². The van der Waals surface area contributed by atoms with Crippen LogP contribution in [0.25, 0.3) is 0 Å². The molecule has 3 saturated carbocycles. The van der Waals surface area contributed by atoms with Crippen molar-refractivity contribution >= 4 is 0 Å². The predicted molar refractivity (Wildman–Crippen MR) is 128 cm³/mol. The van der Waals surface area contributed by atoms with E-state index < -0.39 is 0 Å². The van der Waals surface area contributed by atoms with Crippen LogP contribution in [-0.2, 0) is 0 Å². The molecule has 170 valence electrons. The van der Waals surface area contributed by atoms with Crippen molar-refractivity contribution in [2.24, 2.45) is 52.3 Å². The predicted octanol–water partition coefficient (Wildman–Crippen LogP) is 7.80. The minimum absolute atomic E-state index is 0.0795. The van der Waals surface area contributed by atoms with Crippen LogP contribution in [0.15, 0.2) is 23.8 Å². The Morgan fingerprint density at radius 3 is 2.43 bits per heavy atom. The molecule has 0 bridgehead atoms. The van der Waals surface area contributed by atoms with E-state index in [9.17, 15) is 5.11 Å². The largest absolute Gasteiger partial charge is 0.393 e. The monoisotopic (exact) mass is 412 g/mol. The summed E-state index contributed by atoms with van der Waals surface area (Å²) in [5, 5.41) is 10.5. The van der Waals surface area contributed by atoms with Gasteiger partial charge >= 0.3 is 0 Å². The van der Waals surface area contributed by atoms with Crippen molar-refractivity contribution in [3.8, 4) is 0 Å². The normalized spacial score (nSPS) is 46.6. The molecule has 1 heteroatoms. The highest BCUT2D eigenvalue weighted by Crippen LogP contribution is 2.67. The van der Waals surface area contributed by atoms with Crippen molar-refractivity contribution in [1.29, 1.82) is 0 Å². The highest BCUT2D eigenvalue weighted by atomic mass is 16.3. The molecule has 5 unspecified atom stereocenters. The van der Waals surface area contributed by atoms with Crippen molar-refractivity contribution < 1.29 is 5.11 Å². The molecular formula is C29H48O. The molecule has 0 aliphatic heterocycles. The van der Waals surface area contributed by atoms with Crippen LogP contribution < -0.4 is 0 Å². The summed E-state index contributed by atoms with van der Waals surface area (Å²) in [6.45, 7) is 19.0. The van der Waals surface area contributed by atoms with Crippen molar-refractivity contribution in [1.82, 2.24) is 0 Å². The van der Waals surface area contributed by atoms with Gasteiger partial charge < -0.3 is 5.11 Å². The Balaban J connectivity index is 1.52. The summed E-state index contributed by atoms with van der Waals surface area (Å²) in [6.07, 6.45) is 14.2. The van der Waals surface area contributed by atoms with E-state index >= 15 is 0 Å². The zero-order chi connectivity index (χ0) is 21.8. The Morgan fingerprint density at radius 1 is 1.07 bits per heavy atom. The fourth-order valence-corrected chi connectivity index (χ4v) is 8.82. The number of aliphatic hydroxyl groups is 1. The number of aliphatic hydroxyl groups excluding tert-OH is 1. The van der Waals surface area contributed by atoms with Gasteiger partial charge in [-0.1, -0.05) is 65.3 Å². The fraction of sp³-hybridized carbons (Fsp3) is 0.862. The number of rotatable bonds is 5. The molecule has 0 aromatic heterocycles. The van der Waals surface area contributed by atoms with E-state index in [0.29, 0.717) is 28.6 Å². The second kappa shape index (κ2) is 8.09. The summed E-state index contributed by atoms with van der Waals surface area (Å²) in [4.78, 5) is 0. The van der Waals surface area contributed by atoms with Gasteiger partial charge in [-0.15, -0.1) is 0 Å². The second-order valence-corrected chi connectivity index (χ2v) is 12.7. The highest BCUT2D eigenvalue weighted by Gasteiger charge is 2.59. The van der Waals surface area contributed by atoms with Gasteiger partial charge in [-0.25, -0.2) is 0 Å². The molecule has 0 amide bonds. The molecule has 1 nitrogen and oxygen atoms in total. The molecular weight excluding hydrogens is 364 g/mol. The first kappa shape index (κ1) is 22.6. The molecule has 0 saturated heterocycles. The lowest BCUT2D eigenvalue weighted by Gasteiger charge is -2.59. The minimum atomic E-state index is -0.0795. The maximum atomic E-state index is 10.5. The first-order valence-electron chi connectivity index (χ1n) is 13.1. The van der Waals surface area contributed by atoms with E-state index in [0.717, 1.165) is 30.1 Å². The van der Waals surface area contributed by atoms with Crippen molar-refractivity contribution in [2.75, 3.05) is 0 Å². The number of allylic oxidation sites excluding steroid dienone is 3. The van der Waals surface area contributed by atoms with E-state index in [1.807, 2.05) is 5.57 Å². The first-order valence-corrected chi connectivity index (χ1v) is 13.1. The molecule has 0 aromatic carbocycles. The van der Waals surface area contributed by atoms with Crippen LogP contribution in [0.4, 0.5) is 0 Å². The van der Waals surface area contributed by atoms with Crippen LogP contribution in [0.5, 0.6) is 0 Å². The Bertz CT molecular complexity index is 688. The maximum Gasteiger partial charge on any atom is 0.0568 e. The molecule has 0 radical (unpaired) electrons. The maximum absolute atomic E-state index is 10.5. The van der Waals surface area contributed by atoms with Crippen LogP contribution in [0.1, 0.15) is 99.3 Å². The third-order valence-corrected chi connectivity index (χ3v) is 11.1. The van der Waals surface area contributed by atoms with E-state index in [4.69, 9.17) is 0 Å². The third-order valence-electron chi connectivity index (χ3n) is 11.1. The fourth-order valence-electron chi connectivity index (χ4n) is 8.82. The van der Waals surface area contributed by atoms with Gasteiger partial charge in [-0.3, -0.25) is 0 Å². The molecule has 0 spiro atoms. The quantitative estimate of drug-likeness (QED) is 0.457. The summed E-state index contributed by atoms with van der Waals surface area (Å²) in [7, 11) is 0. The Kier molecular flexibility index (Phi) is 6.10. The van der Waals surface area contributed by atoms with Gasteiger partial charge in [0.2, 0.25) is 0 Å². The van der Waals surface area contributed by atoms with E-state index in [-0.39, 0.29) is 6.10 Å². The number of fused-ring (bicyclic) bond motifs is 5. The lowest BCUT2D eigenvalue weighted by molar-refractivity contribution is -0.0773. The number of hydrogen-bond acceptors (Lipinski definition) is 1. The van der Waals surface area contributed by atoms with Gasteiger partial charge in [0.05, 0.1) is 6.10 Å². The highest BCUT2D eigenvalue weighted by molar-refractivity contribution is 5.28. The Hall–Kier alpha value is -0.560. The Labute approximate surface area is 186 Å².